The van der Waals surface area contributed by atoms with Crippen molar-refractivity contribution in [3.8, 4) is 0 Å². The van der Waals surface area contributed by atoms with Crippen LogP contribution >= 0.6 is 0 Å². The van der Waals surface area contributed by atoms with E-state index in [1.165, 1.54) is 10.6 Å². The van der Waals surface area contributed by atoms with E-state index in [1.807, 2.05) is 6.92 Å². The van der Waals surface area contributed by atoms with E-state index in [2.05, 4.69) is 15.3 Å². The van der Waals surface area contributed by atoms with Crippen LogP contribution in [0.3, 0.4) is 0 Å². The summed E-state index contributed by atoms with van der Waals surface area (Å²) >= 11 is 0. The molecule has 0 aromatic carbocycles. The highest BCUT2D eigenvalue weighted by molar-refractivity contribution is 7.88. The van der Waals surface area contributed by atoms with Crippen LogP contribution in [0.25, 0.3) is 0 Å². The number of aromatic nitrogens is 2. The zero-order chi connectivity index (χ0) is 14.0. The molecule has 0 amide bonds. The summed E-state index contributed by atoms with van der Waals surface area (Å²) in [5.74, 6) is 1.14. The van der Waals surface area contributed by atoms with Gasteiger partial charge in [0.05, 0.1) is 19.5 Å². The summed E-state index contributed by atoms with van der Waals surface area (Å²) in [4.78, 5) is 8.66. The smallest absolute Gasteiger partial charge is 0.212 e. The minimum Gasteiger partial charge on any atom is -0.378 e. The number of sulfonamides is 1. The lowest BCUT2D eigenvalue weighted by Crippen LogP contribution is -2.43. The first-order valence-electron chi connectivity index (χ1n) is 5.99. The van der Waals surface area contributed by atoms with Crippen LogP contribution in [0.2, 0.25) is 0 Å². The average molecular weight is 286 g/mol. The number of anilines is 1. The van der Waals surface area contributed by atoms with Crippen LogP contribution in [-0.2, 0) is 14.8 Å². The monoisotopic (exact) mass is 286 g/mol. The summed E-state index contributed by atoms with van der Waals surface area (Å²) < 4.78 is 30.4. The summed E-state index contributed by atoms with van der Waals surface area (Å²) in [6, 6.07) is 1.34. The molecule has 1 aliphatic heterocycles. The highest BCUT2D eigenvalue weighted by atomic mass is 32.2. The number of nitrogens with one attached hydrogen (secondary N) is 1. The largest absolute Gasteiger partial charge is 0.378 e. The van der Waals surface area contributed by atoms with Crippen molar-refractivity contribution in [3.63, 3.8) is 0 Å². The molecule has 2 heterocycles. The molecule has 1 atom stereocenters. The number of hydrogen-bond donors (Lipinski definition) is 1. The molecule has 1 saturated heterocycles. The Kier molecular flexibility index (Phi) is 4.02. The van der Waals surface area contributed by atoms with Crippen molar-refractivity contribution >= 4 is 15.8 Å². The van der Waals surface area contributed by atoms with Gasteiger partial charge in [-0.15, -0.1) is 0 Å². The average Bonchev–Trinajstić information content (AvgIpc) is 2.37. The number of rotatable bonds is 3. The van der Waals surface area contributed by atoms with E-state index in [9.17, 15) is 8.42 Å². The van der Waals surface area contributed by atoms with Gasteiger partial charge in [0.2, 0.25) is 10.0 Å². The Morgan fingerprint density at radius 2 is 2.21 bits per heavy atom. The topological polar surface area (TPSA) is 84.4 Å². The lowest BCUT2D eigenvalue weighted by Gasteiger charge is -2.32. The Labute approximate surface area is 113 Å². The van der Waals surface area contributed by atoms with E-state index in [0.29, 0.717) is 24.8 Å². The molecular formula is C11H18N4O3S. The quantitative estimate of drug-likeness (QED) is 0.852. The van der Waals surface area contributed by atoms with Crippen LogP contribution in [0.5, 0.6) is 0 Å². The first-order chi connectivity index (χ1) is 8.91. The maximum Gasteiger partial charge on any atom is 0.212 e. The van der Waals surface area contributed by atoms with Crippen LogP contribution in [0.4, 0.5) is 5.82 Å². The molecule has 0 bridgehead atoms. The second-order valence-corrected chi connectivity index (χ2v) is 6.40. The molecule has 0 unspecified atom stereocenters. The lowest BCUT2D eigenvalue weighted by atomic mass is 10.2. The summed E-state index contributed by atoms with van der Waals surface area (Å²) in [5, 5.41) is 2.94. The molecule has 1 aromatic rings. The molecule has 1 aromatic heterocycles. The van der Waals surface area contributed by atoms with Crippen LogP contribution in [-0.4, -0.2) is 55.8 Å². The van der Waals surface area contributed by atoms with Gasteiger partial charge in [0.1, 0.15) is 11.9 Å². The summed E-state index contributed by atoms with van der Waals surface area (Å²) in [7, 11) is -1.54. The van der Waals surface area contributed by atoms with Crippen molar-refractivity contribution in [2.24, 2.45) is 0 Å². The highest BCUT2D eigenvalue weighted by Gasteiger charge is 2.33. The fourth-order valence-corrected chi connectivity index (χ4v) is 3.08. The van der Waals surface area contributed by atoms with Gasteiger partial charge in [-0.25, -0.2) is 18.4 Å². The first kappa shape index (κ1) is 14.2. The standard InChI is InChI=1S/C11H18N4O3S/c1-8-6-10(12-2)14-11(13-8)9-7-18-5-4-15(9)19(3,16)17/h6,9H,4-5,7H2,1-3H3,(H,12,13,14)/t9-/m1/s1. The fraction of sp³-hybridized carbons (Fsp3) is 0.636. The fourth-order valence-electron chi connectivity index (χ4n) is 2.06. The van der Waals surface area contributed by atoms with Gasteiger partial charge in [-0.2, -0.15) is 4.31 Å². The predicted molar refractivity (Wildman–Crippen MR) is 71.4 cm³/mol. The second kappa shape index (κ2) is 5.40. The molecule has 0 saturated carbocycles. The lowest BCUT2D eigenvalue weighted by molar-refractivity contribution is 0.0293. The Hall–Kier alpha value is -1.25. The van der Waals surface area contributed by atoms with E-state index in [1.54, 1.807) is 13.1 Å². The van der Waals surface area contributed by atoms with Gasteiger partial charge in [-0.1, -0.05) is 0 Å². The third kappa shape index (κ3) is 3.20. The molecular weight excluding hydrogens is 268 g/mol. The van der Waals surface area contributed by atoms with Gasteiger partial charge in [0.15, 0.2) is 5.82 Å². The van der Waals surface area contributed by atoms with Gasteiger partial charge in [0.25, 0.3) is 0 Å². The van der Waals surface area contributed by atoms with Crippen LogP contribution < -0.4 is 5.32 Å². The highest BCUT2D eigenvalue weighted by Crippen LogP contribution is 2.25. The third-order valence-corrected chi connectivity index (χ3v) is 4.22. The molecule has 1 fully saturated rings. The third-order valence-electron chi connectivity index (χ3n) is 2.93. The van der Waals surface area contributed by atoms with Crippen molar-refractivity contribution in [2.75, 3.05) is 38.4 Å². The van der Waals surface area contributed by atoms with E-state index in [-0.39, 0.29) is 6.61 Å². The molecule has 7 nitrogen and oxygen atoms in total. The number of ether oxygens (including phenoxy) is 1. The van der Waals surface area contributed by atoms with Crippen molar-refractivity contribution in [1.82, 2.24) is 14.3 Å². The number of nitrogens with zero attached hydrogens (tertiary/aromatic N) is 3. The van der Waals surface area contributed by atoms with E-state index >= 15 is 0 Å². The minimum absolute atomic E-state index is 0.277. The van der Waals surface area contributed by atoms with Gasteiger partial charge in [-0.3, -0.25) is 0 Å². The molecule has 1 N–H and O–H groups in total. The van der Waals surface area contributed by atoms with Gasteiger partial charge < -0.3 is 10.1 Å². The summed E-state index contributed by atoms with van der Waals surface area (Å²) in [6.07, 6.45) is 1.19. The van der Waals surface area contributed by atoms with E-state index < -0.39 is 16.1 Å². The van der Waals surface area contributed by atoms with Gasteiger partial charge >= 0.3 is 0 Å². The van der Waals surface area contributed by atoms with Crippen LogP contribution in [0.1, 0.15) is 17.6 Å². The first-order valence-corrected chi connectivity index (χ1v) is 7.84. The van der Waals surface area contributed by atoms with Crippen molar-refractivity contribution in [1.29, 1.82) is 0 Å². The Morgan fingerprint density at radius 1 is 1.47 bits per heavy atom. The molecule has 2 rings (SSSR count). The van der Waals surface area contributed by atoms with Gasteiger partial charge in [0, 0.05) is 25.4 Å². The second-order valence-electron chi connectivity index (χ2n) is 4.47. The van der Waals surface area contributed by atoms with Crippen LogP contribution in [0, 0.1) is 6.92 Å². The SMILES string of the molecule is CNc1cc(C)nc([C@H]2COCCN2S(C)(=O)=O)n1. The maximum absolute atomic E-state index is 11.8. The molecule has 0 spiro atoms. The van der Waals surface area contributed by atoms with Crippen molar-refractivity contribution in [3.05, 3.63) is 17.6 Å². The van der Waals surface area contributed by atoms with E-state index in [0.717, 1.165) is 5.69 Å². The summed E-state index contributed by atoms with van der Waals surface area (Å²) in [6.45, 7) is 2.85. The van der Waals surface area contributed by atoms with Gasteiger partial charge in [-0.05, 0) is 6.92 Å². The van der Waals surface area contributed by atoms with Crippen molar-refractivity contribution < 1.29 is 13.2 Å². The molecule has 1 aliphatic rings. The predicted octanol–water partition coefficient (Wildman–Crippen LogP) is 0.160. The Balaban J connectivity index is 2.40. The molecule has 8 heteroatoms. The molecule has 0 aliphatic carbocycles. The Morgan fingerprint density at radius 3 is 2.84 bits per heavy atom. The van der Waals surface area contributed by atoms with Crippen LogP contribution in [0.15, 0.2) is 6.07 Å². The molecule has 0 radical (unpaired) electrons. The number of aryl methyl sites for hydroxylation is 1. The zero-order valence-corrected chi connectivity index (χ0v) is 12.1. The number of morpholine rings is 1. The molecule has 106 valence electrons. The summed E-state index contributed by atoms with van der Waals surface area (Å²) in [5.41, 5.74) is 0.786. The maximum atomic E-state index is 11.8. The Bertz CT molecular complexity index is 561. The normalized spacial score (nSPS) is 21.3. The van der Waals surface area contributed by atoms with E-state index in [4.69, 9.17) is 4.74 Å². The minimum atomic E-state index is -3.30. The van der Waals surface area contributed by atoms with Crippen molar-refractivity contribution in [2.45, 2.75) is 13.0 Å². The number of hydrogen-bond acceptors (Lipinski definition) is 6. The zero-order valence-electron chi connectivity index (χ0n) is 11.3. The molecule has 19 heavy (non-hydrogen) atoms.